The molecule has 0 heterocycles. The van der Waals surface area contributed by atoms with Crippen molar-refractivity contribution in [2.75, 3.05) is 93.9 Å². The third-order valence-corrected chi connectivity index (χ3v) is 9.92. The van der Waals surface area contributed by atoms with Crippen LogP contribution in [-0.2, 0) is 47.4 Å². The van der Waals surface area contributed by atoms with Crippen LogP contribution in [0.2, 0.25) is 0 Å². The fourth-order valence-corrected chi connectivity index (χ4v) is 6.40. The smallest absolute Gasteiger partial charge is 0.407 e. The van der Waals surface area contributed by atoms with Crippen molar-refractivity contribution in [1.82, 2.24) is 26.3 Å². The van der Waals surface area contributed by atoms with Gasteiger partial charge in [-0.25, -0.2) is 28.8 Å². The fourth-order valence-electron chi connectivity index (χ4n) is 6.40. The number of hydrogen-bond donors (Lipinski definition) is 4. The quantitative estimate of drug-likeness (QED) is 0.0252. The largest absolute Gasteiger partial charge is 0.462 e. The lowest BCUT2D eigenvalue weighted by atomic mass is 9.91. The van der Waals surface area contributed by atoms with E-state index in [1.54, 1.807) is 39.3 Å². The average Bonchev–Trinajstić information content (AvgIpc) is 3.28. The second kappa shape index (κ2) is 30.4. The minimum Gasteiger partial charge on any atom is -0.462 e. The van der Waals surface area contributed by atoms with Crippen LogP contribution in [0.5, 0.6) is 0 Å². The van der Waals surface area contributed by atoms with E-state index < -0.39 is 36.3 Å². The lowest BCUT2D eigenvalue weighted by Crippen LogP contribution is -2.44. The van der Waals surface area contributed by atoms with E-state index in [1.807, 2.05) is 0 Å². The van der Waals surface area contributed by atoms with Crippen molar-refractivity contribution in [2.45, 2.75) is 82.5 Å². The third kappa shape index (κ3) is 22.6. The Morgan fingerprint density at radius 2 is 1.14 bits per heavy atom. The zero-order valence-electron chi connectivity index (χ0n) is 37.3. The van der Waals surface area contributed by atoms with Gasteiger partial charge in [-0.2, -0.15) is 0 Å². The Morgan fingerprint density at radius 1 is 0.656 bits per heavy atom. The number of alkyl carbamates (subject to hydrolysis) is 4. The summed E-state index contributed by atoms with van der Waals surface area (Å²) in [4.78, 5) is 72.7. The van der Waals surface area contributed by atoms with Crippen LogP contribution in [0, 0.1) is 5.92 Å². The molecule has 0 aromatic heterocycles. The lowest BCUT2D eigenvalue weighted by molar-refractivity contribution is -0.139. The highest BCUT2D eigenvalue weighted by Crippen LogP contribution is 2.21. The van der Waals surface area contributed by atoms with Crippen LogP contribution in [-0.4, -0.2) is 159 Å². The summed E-state index contributed by atoms with van der Waals surface area (Å²) in [6.45, 7) is 6.50. The standard InChI is InChI=1S/C42H65N7O15/c1-29(2)37(50)60-18-17-49(3)48-47-36-8-6-7-31(25-36)38(51)64-28-30(26-58-20-19-56-4)27-59-21-22-61-40(53)44-34-13-15-35(16-14-34)46-42(55)63-24-23-62-41(54)45-33-11-9-32(10-12-33)43-39(52)57-5/h6-8,25,30,32-35H,1,9-24,26-28H2,2-5H3,(H,43,52)(H,44,53)(H,45,54)(H,46,55). The van der Waals surface area contributed by atoms with Crippen LogP contribution in [0.3, 0.4) is 0 Å². The van der Waals surface area contributed by atoms with Crippen molar-refractivity contribution < 1.29 is 71.4 Å². The zero-order chi connectivity index (χ0) is 46.5. The molecule has 1 unspecified atom stereocenters. The van der Waals surface area contributed by atoms with Crippen molar-refractivity contribution in [2.24, 2.45) is 16.3 Å². The molecule has 2 aliphatic carbocycles. The predicted octanol–water partition coefficient (Wildman–Crippen LogP) is 4.35. The molecule has 64 heavy (non-hydrogen) atoms. The molecule has 22 nitrogen and oxygen atoms in total. The summed E-state index contributed by atoms with van der Waals surface area (Å²) in [5, 5.41) is 20.9. The normalized spacial score (nSPS) is 18.7. The minimum atomic E-state index is -0.620. The topological polar surface area (TPSA) is 262 Å². The van der Waals surface area contributed by atoms with Gasteiger partial charge in [0.05, 0.1) is 64.5 Å². The number of ether oxygens (including phenoxy) is 9. The first kappa shape index (κ1) is 52.6. The van der Waals surface area contributed by atoms with Gasteiger partial charge in [-0.15, -0.1) is 5.11 Å². The summed E-state index contributed by atoms with van der Waals surface area (Å²) in [5.74, 6) is -1.38. The van der Waals surface area contributed by atoms with Crippen LogP contribution in [0.1, 0.15) is 68.6 Å². The summed E-state index contributed by atoms with van der Waals surface area (Å²) in [5.41, 5.74) is 0.992. The maximum atomic E-state index is 12.9. The number of carbonyl (C=O) groups excluding carboxylic acids is 6. The maximum Gasteiger partial charge on any atom is 0.407 e. The van der Waals surface area contributed by atoms with Crippen LogP contribution < -0.4 is 21.3 Å². The zero-order valence-corrected chi connectivity index (χ0v) is 37.3. The Morgan fingerprint density at radius 3 is 1.62 bits per heavy atom. The van der Waals surface area contributed by atoms with Crippen LogP contribution in [0.15, 0.2) is 46.8 Å². The summed E-state index contributed by atoms with van der Waals surface area (Å²) in [6, 6.07) is 6.13. The van der Waals surface area contributed by atoms with Crippen LogP contribution in [0.4, 0.5) is 24.9 Å². The molecule has 0 bridgehead atoms. The molecule has 2 fully saturated rings. The molecule has 2 saturated carbocycles. The van der Waals surface area contributed by atoms with E-state index in [2.05, 4.69) is 42.9 Å². The molecule has 358 valence electrons. The van der Waals surface area contributed by atoms with Crippen LogP contribution >= 0.6 is 0 Å². The first-order chi connectivity index (χ1) is 30.8. The molecule has 4 amide bonds. The van der Waals surface area contributed by atoms with E-state index in [-0.39, 0.29) is 88.5 Å². The Hall–Kier alpha value is -5.74. The summed E-state index contributed by atoms with van der Waals surface area (Å²) < 4.78 is 47.3. The number of nitrogens with zero attached hydrogens (tertiary/aromatic N) is 3. The van der Waals surface area contributed by atoms with E-state index in [9.17, 15) is 28.8 Å². The Balaban J connectivity index is 1.26. The van der Waals surface area contributed by atoms with Gasteiger partial charge in [0.2, 0.25) is 0 Å². The van der Waals surface area contributed by atoms with Crippen molar-refractivity contribution in [1.29, 1.82) is 0 Å². The Kier molecular flexibility index (Phi) is 25.0. The lowest BCUT2D eigenvalue weighted by Gasteiger charge is -2.29. The minimum absolute atomic E-state index is 0.00438. The first-order valence-electron chi connectivity index (χ1n) is 21.4. The number of likely N-dealkylation sites (N-methyl/N-ethyl adjacent to an activating group) is 1. The van der Waals surface area contributed by atoms with Gasteiger partial charge in [-0.05, 0) is 76.5 Å². The highest BCUT2D eigenvalue weighted by molar-refractivity contribution is 5.90. The van der Waals surface area contributed by atoms with Gasteiger partial charge in [0.15, 0.2) is 0 Å². The highest BCUT2D eigenvalue weighted by Gasteiger charge is 2.26. The number of rotatable bonds is 26. The second-order valence-electron chi connectivity index (χ2n) is 15.2. The third-order valence-electron chi connectivity index (χ3n) is 9.92. The number of amides is 4. The van der Waals surface area contributed by atoms with Crippen LogP contribution in [0.25, 0.3) is 0 Å². The Bertz CT molecular complexity index is 1650. The number of esters is 2. The molecule has 3 rings (SSSR count). The van der Waals surface area contributed by atoms with Gasteiger partial charge in [-0.3, -0.25) is 5.01 Å². The summed E-state index contributed by atoms with van der Waals surface area (Å²) >= 11 is 0. The fraction of sp³-hybridized carbons (Fsp3) is 0.667. The number of carbonyl (C=O) groups is 6. The van der Waals surface area contributed by atoms with E-state index in [0.717, 1.165) is 0 Å². The van der Waals surface area contributed by atoms with Gasteiger partial charge < -0.3 is 63.9 Å². The van der Waals surface area contributed by atoms with Gasteiger partial charge in [-0.1, -0.05) is 17.9 Å². The summed E-state index contributed by atoms with van der Waals surface area (Å²) in [7, 11) is 4.54. The molecule has 1 aromatic carbocycles. The van der Waals surface area contributed by atoms with Crippen molar-refractivity contribution in [3.63, 3.8) is 0 Å². The highest BCUT2D eigenvalue weighted by atomic mass is 16.6. The molecule has 1 atom stereocenters. The molecular formula is C42H65N7O15. The SMILES string of the molecule is C=C(C)C(=O)OCCN(C)N=Nc1cccc(C(=O)OCC(COCCOC)COCCOC(=O)NC2CCC(NC(=O)OCCOC(=O)NC3CCC(NC(=O)OC)CC3)CC2)c1. The molecule has 4 N–H and O–H groups in total. The molecule has 22 heteroatoms. The van der Waals surface area contributed by atoms with Gasteiger partial charge >= 0.3 is 36.3 Å². The predicted molar refractivity (Wildman–Crippen MR) is 228 cm³/mol. The molecule has 0 aliphatic heterocycles. The van der Waals surface area contributed by atoms with Gasteiger partial charge in [0, 0.05) is 49.8 Å². The van der Waals surface area contributed by atoms with E-state index in [1.165, 1.54) is 18.2 Å². The molecule has 0 radical (unpaired) electrons. The Labute approximate surface area is 373 Å². The number of hydrogen-bond acceptors (Lipinski definition) is 17. The average molecular weight is 908 g/mol. The van der Waals surface area contributed by atoms with E-state index in [0.29, 0.717) is 82.4 Å². The van der Waals surface area contributed by atoms with Crippen molar-refractivity contribution >= 4 is 42.0 Å². The van der Waals surface area contributed by atoms with Crippen molar-refractivity contribution in [3.8, 4) is 0 Å². The first-order valence-corrected chi connectivity index (χ1v) is 21.4. The number of nitrogens with one attached hydrogen (secondary N) is 4. The molecule has 2 aliphatic rings. The van der Waals surface area contributed by atoms with E-state index >= 15 is 0 Å². The van der Waals surface area contributed by atoms with E-state index in [4.69, 9.17) is 37.9 Å². The molecule has 0 saturated heterocycles. The molecular weight excluding hydrogens is 842 g/mol. The second-order valence-corrected chi connectivity index (χ2v) is 15.2. The monoisotopic (exact) mass is 907 g/mol. The number of methoxy groups -OCH3 is 2. The van der Waals surface area contributed by atoms with Gasteiger partial charge in [0.1, 0.15) is 26.4 Å². The summed E-state index contributed by atoms with van der Waals surface area (Å²) in [6.07, 6.45) is 2.97. The number of benzene rings is 1. The van der Waals surface area contributed by atoms with Gasteiger partial charge in [0.25, 0.3) is 0 Å². The molecule has 0 spiro atoms. The maximum absolute atomic E-state index is 12.9. The molecule has 1 aromatic rings. The van der Waals surface area contributed by atoms with Crippen molar-refractivity contribution in [3.05, 3.63) is 42.0 Å².